The predicted octanol–water partition coefficient (Wildman–Crippen LogP) is 5.69. The van der Waals surface area contributed by atoms with Crippen LogP contribution in [-0.4, -0.2) is 88.9 Å². The molecule has 0 saturated carbocycles. The molecule has 10 heteroatoms. The number of phenols is 1. The van der Waals surface area contributed by atoms with E-state index in [9.17, 15) is 14.7 Å². The standard InChI is InChI=1S/C31H38N4O3S3/c1-3-26(36)34-14-10-32(11-15-34)20-24-18-23(30-28(31(39)41-40-30)22-8-6-5-7-9-22)19-25(29(24)38)21-33-12-16-35(17-13-33)27(37)4-2/h5-9,18-19,38H,3-4,10-17,20-21H2,1-2H3. The van der Waals surface area contributed by atoms with Gasteiger partial charge in [0.25, 0.3) is 0 Å². The molecule has 0 bridgehead atoms. The van der Waals surface area contributed by atoms with Crippen molar-refractivity contribution in [3.63, 3.8) is 0 Å². The van der Waals surface area contributed by atoms with Crippen LogP contribution in [0.3, 0.4) is 0 Å². The van der Waals surface area contributed by atoms with Crippen LogP contribution < -0.4 is 0 Å². The van der Waals surface area contributed by atoms with E-state index in [1.165, 1.54) is 0 Å². The number of carbonyl (C=O) groups is 2. The minimum Gasteiger partial charge on any atom is -0.507 e. The van der Waals surface area contributed by atoms with Crippen molar-refractivity contribution in [3.8, 4) is 27.3 Å². The van der Waals surface area contributed by atoms with E-state index in [1.54, 1.807) is 20.7 Å². The van der Waals surface area contributed by atoms with Crippen molar-refractivity contribution < 1.29 is 14.7 Å². The van der Waals surface area contributed by atoms with Gasteiger partial charge in [-0.05, 0) is 23.3 Å². The van der Waals surface area contributed by atoms with E-state index in [-0.39, 0.29) is 11.8 Å². The fourth-order valence-corrected chi connectivity index (χ4v) is 8.57. The second kappa shape index (κ2) is 13.6. The van der Waals surface area contributed by atoms with Gasteiger partial charge in [0, 0.05) is 95.0 Å². The van der Waals surface area contributed by atoms with Gasteiger partial charge in [-0.2, -0.15) is 0 Å². The maximum atomic E-state index is 12.2. The molecule has 1 N–H and O–H groups in total. The van der Waals surface area contributed by atoms with Gasteiger partial charge >= 0.3 is 0 Å². The molecular formula is C31H38N4O3S3. The summed E-state index contributed by atoms with van der Waals surface area (Å²) in [4.78, 5) is 34.0. The number of aromatic hydroxyl groups is 1. The van der Waals surface area contributed by atoms with Crippen molar-refractivity contribution in [1.82, 2.24) is 19.6 Å². The molecule has 1 aromatic heterocycles. The van der Waals surface area contributed by atoms with Gasteiger partial charge in [0.05, 0.1) is 4.88 Å². The largest absolute Gasteiger partial charge is 0.507 e. The van der Waals surface area contributed by atoms with Gasteiger partial charge in [-0.3, -0.25) is 19.4 Å². The van der Waals surface area contributed by atoms with Crippen LogP contribution in [0, 0.1) is 3.82 Å². The highest BCUT2D eigenvalue weighted by molar-refractivity contribution is 7.80. The molecule has 218 valence electrons. The van der Waals surface area contributed by atoms with Crippen LogP contribution >= 0.6 is 32.9 Å². The molecule has 7 nitrogen and oxygen atoms in total. The highest BCUT2D eigenvalue weighted by Gasteiger charge is 2.25. The quantitative estimate of drug-likeness (QED) is 0.261. The van der Waals surface area contributed by atoms with Gasteiger partial charge < -0.3 is 14.9 Å². The Bertz CT molecular complexity index is 1360. The zero-order valence-electron chi connectivity index (χ0n) is 23.8. The number of phenolic OH excluding ortho intramolecular Hbond substituents is 1. The number of rotatable bonds is 8. The monoisotopic (exact) mass is 610 g/mol. The van der Waals surface area contributed by atoms with Crippen LogP contribution in [0.4, 0.5) is 0 Å². The average Bonchev–Trinajstić information content (AvgIpc) is 3.40. The predicted molar refractivity (Wildman–Crippen MR) is 170 cm³/mol. The van der Waals surface area contributed by atoms with E-state index in [0.717, 1.165) is 62.7 Å². The number of piperazine rings is 2. The molecule has 2 aliphatic heterocycles. The maximum absolute atomic E-state index is 12.2. The minimum absolute atomic E-state index is 0.199. The first-order chi connectivity index (χ1) is 19.9. The molecule has 41 heavy (non-hydrogen) atoms. The van der Waals surface area contributed by atoms with Crippen molar-refractivity contribution in [1.29, 1.82) is 0 Å². The van der Waals surface area contributed by atoms with Crippen LogP contribution in [0.5, 0.6) is 5.75 Å². The molecule has 0 aliphatic carbocycles. The lowest BCUT2D eigenvalue weighted by atomic mass is 9.98. The molecule has 5 rings (SSSR count). The average molecular weight is 611 g/mol. The Hall–Kier alpha value is -2.63. The Morgan fingerprint density at radius 3 is 1.71 bits per heavy atom. The van der Waals surface area contributed by atoms with Crippen molar-refractivity contribution in [3.05, 3.63) is 57.4 Å². The molecule has 2 saturated heterocycles. The summed E-state index contributed by atoms with van der Waals surface area (Å²) in [6.45, 7) is 11.0. The molecule has 3 aromatic rings. The second-order valence-corrected chi connectivity index (χ2v) is 13.5. The number of nitrogens with zero attached hydrogens (tertiary/aromatic N) is 4. The first-order valence-electron chi connectivity index (χ1n) is 14.4. The summed E-state index contributed by atoms with van der Waals surface area (Å²) in [6, 6.07) is 14.5. The Kier molecular flexibility index (Phi) is 9.87. The lowest BCUT2D eigenvalue weighted by Gasteiger charge is -2.36. The van der Waals surface area contributed by atoms with Gasteiger partial charge in [0.1, 0.15) is 9.57 Å². The van der Waals surface area contributed by atoms with Crippen LogP contribution in [0.25, 0.3) is 21.6 Å². The van der Waals surface area contributed by atoms with E-state index < -0.39 is 0 Å². The fourth-order valence-electron chi connectivity index (χ4n) is 5.67. The lowest BCUT2D eigenvalue weighted by molar-refractivity contribution is -0.133. The van der Waals surface area contributed by atoms with Gasteiger partial charge in [0.15, 0.2) is 0 Å². The molecule has 3 heterocycles. The van der Waals surface area contributed by atoms with E-state index in [0.29, 0.717) is 57.9 Å². The van der Waals surface area contributed by atoms with Crippen molar-refractivity contribution in [2.24, 2.45) is 0 Å². The van der Waals surface area contributed by atoms with Gasteiger partial charge in [-0.15, -0.1) is 0 Å². The smallest absolute Gasteiger partial charge is 0.222 e. The zero-order valence-corrected chi connectivity index (χ0v) is 26.3. The van der Waals surface area contributed by atoms with E-state index in [1.807, 2.05) is 41.8 Å². The third kappa shape index (κ3) is 6.89. The molecule has 2 aliphatic rings. The van der Waals surface area contributed by atoms with Crippen LogP contribution in [0.2, 0.25) is 0 Å². The Labute approximate surface area is 255 Å². The summed E-state index contributed by atoms with van der Waals surface area (Å²) >= 11 is 5.79. The molecule has 2 aromatic carbocycles. The Morgan fingerprint density at radius 2 is 1.24 bits per heavy atom. The third-order valence-corrected chi connectivity index (χ3v) is 11.1. The topological polar surface area (TPSA) is 67.3 Å². The molecule has 0 spiro atoms. The first kappa shape index (κ1) is 29.8. The Morgan fingerprint density at radius 1 is 0.756 bits per heavy atom. The van der Waals surface area contributed by atoms with Crippen LogP contribution in [-0.2, 0) is 22.7 Å². The zero-order chi connectivity index (χ0) is 28.9. The highest BCUT2D eigenvalue weighted by atomic mass is 32.9. The normalized spacial score (nSPS) is 16.7. The van der Waals surface area contributed by atoms with Crippen molar-refractivity contribution >= 4 is 44.7 Å². The molecule has 0 atom stereocenters. The highest BCUT2D eigenvalue weighted by Crippen LogP contribution is 2.43. The molecule has 2 fully saturated rings. The second-order valence-electron chi connectivity index (χ2n) is 10.7. The molecular weight excluding hydrogens is 573 g/mol. The van der Waals surface area contributed by atoms with Crippen LogP contribution in [0.15, 0.2) is 42.5 Å². The lowest BCUT2D eigenvalue weighted by Crippen LogP contribution is -2.48. The van der Waals surface area contributed by atoms with Crippen molar-refractivity contribution in [2.75, 3.05) is 52.4 Å². The minimum atomic E-state index is 0.199. The molecule has 0 unspecified atom stereocenters. The SMILES string of the molecule is CCC(=O)N1CCN(Cc2cc(-c3ssc(=S)c3-c3ccccc3)cc(CN3CCN(C(=O)CC)CC3)c2O)CC1. The van der Waals surface area contributed by atoms with E-state index >= 15 is 0 Å². The van der Waals surface area contributed by atoms with Gasteiger partial charge in [-0.1, -0.05) is 77.1 Å². The van der Waals surface area contributed by atoms with Gasteiger partial charge in [-0.25, -0.2) is 0 Å². The number of amides is 2. The maximum Gasteiger partial charge on any atom is 0.222 e. The molecule has 2 amide bonds. The molecule has 0 radical (unpaired) electrons. The number of hydrogen-bond donors (Lipinski definition) is 1. The fraction of sp³-hybridized carbons (Fsp3) is 0.452. The third-order valence-electron chi connectivity index (χ3n) is 8.07. The van der Waals surface area contributed by atoms with Crippen molar-refractivity contribution in [2.45, 2.75) is 39.8 Å². The number of benzene rings is 2. The Balaban J connectivity index is 1.45. The first-order valence-corrected chi connectivity index (χ1v) is 17.0. The summed E-state index contributed by atoms with van der Waals surface area (Å²) in [6.07, 6.45) is 1.06. The summed E-state index contributed by atoms with van der Waals surface area (Å²) < 4.78 is 0.876. The number of hydrogen-bond acceptors (Lipinski definition) is 8. The summed E-state index contributed by atoms with van der Waals surface area (Å²) in [5, 5.41) is 11.6. The van der Waals surface area contributed by atoms with E-state index in [2.05, 4.69) is 34.1 Å². The van der Waals surface area contributed by atoms with E-state index in [4.69, 9.17) is 12.2 Å². The summed E-state index contributed by atoms with van der Waals surface area (Å²) in [5.74, 6) is 0.738. The summed E-state index contributed by atoms with van der Waals surface area (Å²) in [7, 11) is 3.31. The van der Waals surface area contributed by atoms with Gasteiger partial charge in [0.2, 0.25) is 11.8 Å². The number of carbonyl (C=O) groups excluding carboxylic acids is 2. The summed E-state index contributed by atoms with van der Waals surface area (Å²) in [5.41, 5.74) is 5.06. The van der Waals surface area contributed by atoms with Crippen LogP contribution in [0.1, 0.15) is 37.8 Å².